The largest absolute Gasteiger partial charge is 0.348 e. The smallest absolute Gasteiger partial charge is 0.252 e. The molecule has 0 aliphatic rings. The third-order valence-electron chi connectivity index (χ3n) is 4.19. The molecule has 25 heavy (non-hydrogen) atoms. The van der Waals surface area contributed by atoms with Gasteiger partial charge in [0.05, 0.1) is 16.6 Å². The molecule has 0 saturated carbocycles. The summed E-state index contributed by atoms with van der Waals surface area (Å²) >= 11 is 0. The van der Waals surface area contributed by atoms with Crippen molar-refractivity contribution in [3.63, 3.8) is 0 Å². The van der Waals surface area contributed by atoms with Crippen LogP contribution in [0.5, 0.6) is 0 Å². The number of nitrogens with one attached hydrogen (secondary N) is 1. The first kappa shape index (κ1) is 17.1. The topological polar surface area (TPSA) is 59.8 Å². The first-order valence-electron chi connectivity index (χ1n) is 8.23. The number of aromatic nitrogens is 3. The molecule has 3 aromatic rings. The number of nitrogens with zero attached hydrogens (tertiary/aromatic N) is 3. The maximum Gasteiger partial charge on any atom is 0.252 e. The summed E-state index contributed by atoms with van der Waals surface area (Å²) in [6.07, 6.45) is 0. The number of amides is 1. The van der Waals surface area contributed by atoms with E-state index in [2.05, 4.69) is 15.4 Å². The molecule has 5 nitrogen and oxygen atoms in total. The number of benzene rings is 1. The SMILES string of the molecule is Cc1nn(C)c2nc(C(C)C)cc(C(=O)NCc3ccc(F)cc3)c12. The van der Waals surface area contributed by atoms with Crippen LogP contribution in [0.4, 0.5) is 4.39 Å². The Morgan fingerprint density at radius 2 is 1.96 bits per heavy atom. The average Bonchev–Trinajstić information content (AvgIpc) is 2.87. The highest BCUT2D eigenvalue weighted by atomic mass is 19.1. The minimum atomic E-state index is -0.293. The van der Waals surface area contributed by atoms with Crippen molar-refractivity contribution in [2.45, 2.75) is 33.2 Å². The van der Waals surface area contributed by atoms with Crippen molar-refractivity contribution in [3.8, 4) is 0 Å². The highest BCUT2D eigenvalue weighted by Gasteiger charge is 2.19. The molecule has 1 N–H and O–H groups in total. The van der Waals surface area contributed by atoms with Crippen LogP contribution < -0.4 is 5.32 Å². The van der Waals surface area contributed by atoms with Crippen molar-refractivity contribution in [1.29, 1.82) is 0 Å². The number of aryl methyl sites for hydroxylation is 2. The van der Waals surface area contributed by atoms with Crippen molar-refractivity contribution in [3.05, 3.63) is 58.7 Å². The van der Waals surface area contributed by atoms with E-state index in [0.717, 1.165) is 22.3 Å². The Morgan fingerprint density at radius 3 is 2.60 bits per heavy atom. The number of halogens is 1. The normalized spacial score (nSPS) is 11.3. The van der Waals surface area contributed by atoms with Crippen LogP contribution in [0, 0.1) is 12.7 Å². The van der Waals surface area contributed by atoms with E-state index in [1.807, 2.05) is 33.9 Å². The van der Waals surface area contributed by atoms with Crippen LogP contribution in [0.2, 0.25) is 0 Å². The number of carbonyl (C=O) groups excluding carboxylic acids is 1. The fraction of sp³-hybridized carbons (Fsp3) is 0.316. The molecule has 1 aromatic carbocycles. The molecular weight excluding hydrogens is 319 g/mol. The minimum absolute atomic E-state index is 0.185. The van der Waals surface area contributed by atoms with E-state index >= 15 is 0 Å². The number of fused-ring (bicyclic) bond motifs is 1. The van der Waals surface area contributed by atoms with Crippen molar-refractivity contribution < 1.29 is 9.18 Å². The monoisotopic (exact) mass is 340 g/mol. The van der Waals surface area contributed by atoms with Gasteiger partial charge in [-0.2, -0.15) is 5.10 Å². The highest BCUT2D eigenvalue weighted by molar-refractivity contribution is 6.06. The molecule has 2 aromatic heterocycles. The van der Waals surface area contributed by atoms with Gasteiger partial charge in [0.1, 0.15) is 5.82 Å². The summed E-state index contributed by atoms with van der Waals surface area (Å²) < 4.78 is 14.7. The van der Waals surface area contributed by atoms with Gasteiger partial charge >= 0.3 is 0 Å². The number of pyridine rings is 1. The van der Waals surface area contributed by atoms with Crippen molar-refractivity contribution in [2.24, 2.45) is 7.05 Å². The molecule has 0 spiro atoms. The van der Waals surface area contributed by atoms with Crippen LogP contribution in [0.1, 0.15) is 47.1 Å². The van der Waals surface area contributed by atoms with E-state index < -0.39 is 0 Å². The zero-order valence-electron chi connectivity index (χ0n) is 14.8. The third-order valence-corrected chi connectivity index (χ3v) is 4.19. The molecule has 0 fully saturated rings. The first-order valence-corrected chi connectivity index (χ1v) is 8.23. The maximum atomic E-state index is 13.0. The fourth-order valence-corrected chi connectivity index (χ4v) is 2.82. The van der Waals surface area contributed by atoms with E-state index in [1.54, 1.807) is 16.8 Å². The van der Waals surface area contributed by atoms with Gasteiger partial charge in [0.25, 0.3) is 5.91 Å². The van der Waals surface area contributed by atoms with Crippen LogP contribution >= 0.6 is 0 Å². The van der Waals surface area contributed by atoms with E-state index in [0.29, 0.717) is 17.8 Å². The Labute approximate surface area is 145 Å². The van der Waals surface area contributed by atoms with Gasteiger partial charge < -0.3 is 5.32 Å². The number of hydrogen-bond donors (Lipinski definition) is 1. The predicted molar refractivity (Wildman–Crippen MR) is 94.9 cm³/mol. The number of hydrogen-bond acceptors (Lipinski definition) is 3. The van der Waals surface area contributed by atoms with E-state index in [1.165, 1.54) is 12.1 Å². The lowest BCUT2D eigenvalue weighted by molar-refractivity contribution is 0.0952. The average molecular weight is 340 g/mol. The molecule has 0 unspecified atom stereocenters. The Morgan fingerprint density at radius 1 is 1.28 bits per heavy atom. The van der Waals surface area contributed by atoms with Gasteiger partial charge in [-0.1, -0.05) is 26.0 Å². The van der Waals surface area contributed by atoms with Crippen LogP contribution in [0.15, 0.2) is 30.3 Å². The van der Waals surface area contributed by atoms with Crippen LogP contribution in [-0.2, 0) is 13.6 Å². The first-order chi connectivity index (χ1) is 11.9. The van der Waals surface area contributed by atoms with E-state index in [9.17, 15) is 9.18 Å². The lowest BCUT2D eigenvalue weighted by atomic mass is 10.0. The molecule has 2 heterocycles. The van der Waals surface area contributed by atoms with Gasteiger partial charge in [0.15, 0.2) is 5.65 Å². The van der Waals surface area contributed by atoms with Crippen molar-refractivity contribution in [1.82, 2.24) is 20.1 Å². The number of rotatable bonds is 4. The Hall–Kier alpha value is -2.76. The predicted octanol–water partition coefficient (Wildman–Crippen LogP) is 3.47. The molecule has 6 heteroatoms. The summed E-state index contributed by atoms with van der Waals surface area (Å²) in [4.78, 5) is 17.4. The van der Waals surface area contributed by atoms with Gasteiger partial charge in [-0.05, 0) is 36.6 Å². The molecule has 0 bridgehead atoms. The Kier molecular flexibility index (Phi) is 4.53. The standard InChI is InChI=1S/C19H21FN4O/c1-11(2)16-9-15(17-12(3)23-24(4)18(17)22-16)19(25)21-10-13-5-7-14(20)8-6-13/h5-9,11H,10H2,1-4H3,(H,21,25). The highest BCUT2D eigenvalue weighted by Crippen LogP contribution is 2.24. The molecule has 0 aliphatic heterocycles. The zero-order chi connectivity index (χ0) is 18.1. The van der Waals surface area contributed by atoms with Crippen LogP contribution in [0.3, 0.4) is 0 Å². The molecule has 130 valence electrons. The minimum Gasteiger partial charge on any atom is -0.348 e. The summed E-state index contributed by atoms with van der Waals surface area (Å²) in [6, 6.07) is 7.92. The summed E-state index contributed by atoms with van der Waals surface area (Å²) in [7, 11) is 1.83. The van der Waals surface area contributed by atoms with Crippen LogP contribution in [-0.4, -0.2) is 20.7 Å². The van der Waals surface area contributed by atoms with Crippen molar-refractivity contribution >= 4 is 16.9 Å². The summed E-state index contributed by atoms with van der Waals surface area (Å²) in [5, 5.41) is 8.06. The molecular formula is C19H21FN4O. The van der Waals surface area contributed by atoms with Crippen LogP contribution in [0.25, 0.3) is 11.0 Å². The lowest BCUT2D eigenvalue weighted by Gasteiger charge is -2.11. The molecule has 3 rings (SSSR count). The summed E-state index contributed by atoms with van der Waals surface area (Å²) in [5.41, 5.74) is 3.73. The molecule has 0 aliphatic carbocycles. The summed E-state index contributed by atoms with van der Waals surface area (Å²) in [6.45, 7) is 6.28. The van der Waals surface area contributed by atoms with Gasteiger partial charge in [-0.25, -0.2) is 9.37 Å². The quantitative estimate of drug-likeness (QED) is 0.791. The maximum absolute atomic E-state index is 13.0. The van der Waals surface area contributed by atoms with Gasteiger partial charge in [0, 0.05) is 19.3 Å². The Bertz CT molecular complexity index is 929. The third kappa shape index (κ3) is 3.38. The number of carbonyl (C=O) groups is 1. The molecule has 0 saturated heterocycles. The molecule has 1 amide bonds. The lowest BCUT2D eigenvalue weighted by Crippen LogP contribution is -2.23. The van der Waals surface area contributed by atoms with E-state index in [-0.39, 0.29) is 17.6 Å². The fourth-order valence-electron chi connectivity index (χ4n) is 2.82. The van der Waals surface area contributed by atoms with Gasteiger partial charge in [-0.3, -0.25) is 9.48 Å². The molecule has 0 atom stereocenters. The second kappa shape index (κ2) is 6.63. The van der Waals surface area contributed by atoms with Crippen molar-refractivity contribution in [2.75, 3.05) is 0 Å². The van der Waals surface area contributed by atoms with Gasteiger partial charge in [0.2, 0.25) is 0 Å². The molecule has 0 radical (unpaired) electrons. The zero-order valence-corrected chi connectivity index (χ0v) is 14.8. The Balaban J connectivity index is 1.95. The van der Waals surface area contributed by atoms with Gasteiger partial charge in [-0.15, -0.1) is 0 Å². The second-order valence-electron chi connectivity index (χ2n) is 6.47. The second-order valence-corrected chi connectivity index (χ2v) is 6.47. The summed E-state index contributed by atoms with van der Waals surface area (Å²) in [5.74, 6) is -0.281. The van der Waals surface area contributed by atoms with E-state index in [4.69, 9.17) is 0 Å².